The standard InChI is InChI=1S/C16H25ClN2O4S.ClH/c1-12-10-15(22-2)14(17)11-16(12)24(20,21)19-7-4-13(5-8-19)23-9-3-6-18;/h10-11,13H,3-9,18H2,1-2H3;1H. The van der Waals surface area contributed by atoms with Gasteiger partial charge in [0.25, 0.3) is 0 Å². The normalized spacial score (nSPS) is 16.5. The van der Waals surface area contributed by atoms with Crippen LogP contribution in [0.5, 0.6) is 5.75 Å². The minimum absolute atomic E-state index is 0. The number of benzene rings is 1. The van der Waals surface area contributed by atoms with E-state index in [1.807, 2.05) is 0 Å². The number of nitrogens with zero attached hydrogens (tertiary/aromatic N) is 1. The molecule has 2 N–H and O–H groups in total. The van der Waals surface area contributed by atoms with E-state index in [-0.39, 0.29) is 23.4 Å². The number of aryl methyl sites for hydroxylation is 1. The fraction of sp³-hybridized carbons (Fsp3) is 0.625. The third kappa shape index (κ3) is 5.45. The van der Waals surface area contributed by atoms with Crippen molar-refractivity contribution in [1.29, 1.82) is 0 Å². The number of hydrogen-bond acceptors (Lipinski definition) is 5. The molecule has 0 aromatic heterocycles. The van der Waals surface area contributed by atoms with Crippen molar-refractivity contribution in [2.45, 2.75) is 37.2 Å². The second-order valence-corrected chi connectivity index (χ2v) is 8.18. The molecular formula is C16H26Cl2N2O4S. The molecule has 1 aromatic carbocycles. The van der Waals surface area contributed by atoms with E-state index in [2.05, 4.69) is 0 Å². The Balaban J connectivity index is 0.00000312. The molecule has 144 valence electrons. The van der Waals surface area contributed by atoms with E-state index >= 15 is 0 Å². The predicted molar refractivity (Wildman–Crippen MR) is 101 cm³/mol. The van der Waals surface area contributed by atoms with E-state index in [9.17, 15) is 8.42 Å². The van der Waals surface area contributed by atoms with Crippen molar-refractivity contribution in [2.24, 2.45) is 5.73 Å². The van der Waals surface area contributed by atoms with E-state index < -0.39 is 10.0 Å². The number of piperidine rings is 1. The lowest BCUT2D eigenvalue weighted by molar-refractivity contribution is 0.0209. The molecule has 1 fully saturated rings. The Morgan fingerprint density at radius 2 is 1.96 bits per heavy atom. The number of nitrogens with two attached hydrogens (primary N) is 1. The molecule has 9 heteroatoms. The van der Waals surface area contributed by atoms with E-state index in [0.717, 1.165) is 6.42 Å². The molecule has 2 rings (SSSR count). The molecule has 1 aromatic rings. The van der Waals surface area contributed by atoms with Gasteiger partial charge in [0.2, 0.25) is 10.0 Å². The highest BCUT2D eigenvalue weighted by Crippen LogP contribution is 2.32. The first-order chi connectivity index (χ1) is 11.4. The zero-order valence-corrected chi connectivity index (χ0v) is 16.9. The van der Waals surface area contributed by atoms with Gasteiger partial charge in [-0.2, -0.15) is 4.31 Å². The van der Waals surface area contributed by atoms with Crippen molar-refractivity contribution in [2.75, 3.05) is 33.4 Å². The van der Waals surface area contributed by atoms with Gasteiger partial charge in [-0.15, -0.1) is 12.4 Å². The first-order valence-electron chi connectivity index (χ1n) is 8.06. The molecule has 0 aliphatic carbocycles. The van der Waals surface area contributed by atoms with Crippen LogP contribution in [-0.2, 0) is 14.8 Å². The van der Waals surface area contributed by atoms with Gasteiger partial charge in [-0.1, -0.05) is 11.6 Å². The maximum Gasteiger partial charge on any atom is 0.243 e. The summed E-state index contributed by atoms with van der Waals surface area (Å²) in [5.41, 5.74) is 6.07. The van der Waals surface area contributed by atoms with Crippen LogP contribution in [-0.4, -0.2) is 52.2 Å². The minimum Gasteiger partial charge on any atom is -0.495 e. The number of sulfonamides is 1. The highest BCUT2D eigenvalue weighted by molar-refractivity contribution is 7.89. The van der Waals surface area contributed by atoms with Crippen LogP contribution < -0.4 is 10.5 Å². The van der Waals surface area contributed by atoms with Gasteiger partial charge in [0.05, 0.1) is 23.1 Å². The van der Waals surface area contributed by atoms with Crippen LogP contribution in [0.1, 0.15) is 24.8 Å². The van der Waals surface area contributed by atoms with Gasteiger partial charge < -0.3 is 15.2 Å². The molecule has 6 nitrogen and oxygen atoms in total. The van der Waals surface area contributed by atoms with Crippen LogP contribution in [0.3, 0.4) is 0 Å². The largest absolute Gasteiger partial charge is 0.495 e. The molecule has 0 spiro atoms. The van der Waals surface area contributed by atoms with Crippen LogP contribution in [0, 0.1) is 6.92 Å². The third-order valence-electron chi connectivity index (χ3n) is 4.17. The Morgan fingerprint density at radius 1 is 1.32 bits per heavy atom. The highest BCUT2D eigenvalue weighted by atomic mass is 35.5. The molecule has 0 saturated carbocycles. The van der Waals surface area contributed by atoms with Crippen molar-refractivity contribution >= 4 is 34.0 Å². The number of methoxy groups -OCH3 is 1. The number of rotatable bonds is 7. The highest BCUT2D eigenvalue weighted by Gasteiger charge is 2.31. The molecule has 0 unspecified atom stereocenters. The van der Waals surface area contributed by atoms with E-state index in [1.54, 1.807) is 13.0 Å². The summed E-state index contributed by atoms with van der Waals surface area (Å²) in [5.74, 6) is 0.472. The Bertz CT molecular complexity index is 662. The molecule has 0 bridgehead atoms. The maximum atomic E-state index is 12.9. The van der Waals surface area contributed by atoms with Crippen LogP contribution in [0.4, 0.5) is 0 Å². The summed E-state index contributed by atoms with van der Waals surface area (Å²) < 4.78 is 38.2. The molecule has 25 heavy (non-hydrogen) atoms. The molecule has 1 heterocycles. The van der Waals surface area contributed by atoms with Gasteiger partial charge in [0.15, 0.2) is 0 Å². The summed E-state index contributed by atoms with van der Waals surface area (Å²) in [6.45, 7) is 3.86. The Kier molecular flexibility index (Phi) is 8.94. The second kappa shape index (κ2) is 9.94. The zero-order valence-electron chi connectivity index (χ0n) is 14.5. The van der Waals surface area contributed by atoms with Crippen molar-refractivity contribution in [3.8, 4) is 5.75 Å². The average Bonchev–Trinajstić information content (AvgIpc) is 2.57. The second-order valence-electron chi connectivity index (χ2n) is 5.87. The topological polar surface area (TPSA) is 81.9 Å². The van der Waals surface area contributed by atoms with Crippen molar-refractivity contribution in [1.82, 2.24) is 4.31 Å². The van der Waals surface area contributed by atoms with Gasteiger partial charge in [-0.3, -0.25) is 0 Å². The molecule has 1 aliphatic rings. The lowest BCUT2D eigenvalue weighted by atomic mass is 10.1. The minimum atomic E-state index is -3.57. The number of halogens is 2. The van der Waals surface area contributed by atoms with Crippen LogP contribution in [0.15, 0.2) is 17.0 Å². The smallest absolute Gasteiger partial charge is 0.243 e. The SMILES string of the molecule is COc1cc(C)c(S(=O)(=O)N2CCC(OCCCN)CC2)cc1Cl.Cl. The van der Waals surface area contributed by atoms with Crippen LogP contribution in [0.25, 0.3) is 0 Å². The quantitative estimate of drug-likeness (QED) is 0.695. The van der Waals surface area contributed by atoms with Gasteiger partial charge in [-0.05, 0) is 50.4 Å². The average molecular weight is 413 g/mol. The van der Waals surface area contributed by atoms with E-state index in [0.29, 0.717) is 55.4 Å². The summed E-state index contributed by atoms with van der Waals surface area (Å²) in [6, 6.07) is 3.12. The molecular weight excluding hydrogens is 387 g/mol. The first kappa shape index (κ1) is 22.5. The monoisotopic (exact) mass is 412 g/mol. The molecule has 0 amide bonds. The zero-order chi connectivity index (χ0) is 17.7. The van der Waals surface area contributed by atoms with E-state index in [1.165, 1.54) is 17.5 Å². The van der Waals surface area contributed by atoms with Crippen molar-refractivity contribution in [3.05, 3.63) is 22.7 Å². The first-order valence-corrected chi connectivity index (χ1v) is 9.88. The summed E-state index contributed by atoms with van der Waals surface area (Å²) in [7, 11) is -2.07. The van der Waals surface area contributed by atoms with Crippen molar-refractivity contribution < 1.29 is 17.9 Å². The summed E-state index contributed by atoms with van der Waals surface area (Å²) in [5, 5.41) is 0.293. The molecule has 1 aliphatic heterocycles. The van der Waals surface area contributed by atoms with Gasteiger partial charge in [-0.25, -0.2) is 8.42 Å². The maximum absolute atomic E-state index is 12.9. The van der Waals surface area contributed by atoms with E-state index in [4.69, 9.17) is 26.8 Å². The lowest BCUT2D eigenvalue weighted by Gasteiger charge is -2.31. The van der Waals surface area contributed by atoms with Gasteiger partial charge in [0, 0.05) is 19.7 Å². The molecule has 0 radical (unpaired) electrons. The van der Waals surface area contributed by atoms with Crippen LogP contribution in [0.2, 0.25) is 5.02 Å². The third-order valence-corrected chi connectivity index (χ3v) is 6.51. The van der Waals surface area contributed by atoms with Gasteiger partial charge in [0.1, 0.15) is 5.75 Å². The number of hydrogen-bond donors (Lipinski definition) is 1. The summed E-state index contributed by atoms with van der Waals surface area (Å²) >= 11 is 6.10. The lowest BCUT2D eigenvalue weighted by Crippen LogP contribution is -2.41. The Labute approximate surface area is 161 Å². The van der Waals surface area contributed by atoms with Gasteiger partial charge >= 0.3 is 0 Å². The molecule has 0 atom stereocenters. The fourth-order valence-corrected chi connectivity index (χ4v) is 4.79. The van der Waals surface area contributed by atoms with Crippen LogP contribution >= 0.6 is 24.0 Å². The Hall–Kier alpha value is -0.570. The number of ether oxygens (including phenoxy) is 2. The Morgan fingerprint density at radius 3 is 2.52 bits per heavy atom. The fourth-order valence-electron chi connectivity index (χ4n) is 2.78. The molecule has 1 saturated heterocycles. The predicted octanol–water partition coefficient (Wildman–Crippen LogP) is 2.60. The summed E-state index contributed by atoms with van der Waals surface area (Å²) in [6.07, 6.45) is 2.30. The van der Waals surface area contributed by atoms with Crippen molar-refractivity contribution in [3.63, 3.8) is 0 Å². The summed E-state index contributed by atoms with van der Waals surface area (Å²) in [4.78, 5) is 0.232.